The first-order valence-corrected chi connectivity index (χ1v) is 10.8. The number of hydrogen-bond acceptors (Lipinski definition) is 6. The van der Waals surface area contributed by atoms with Crippen LogP contribution in [0.5, 0.6) is 5.88 Å². The standard InChI is InChI=1S/C24H24ClFN2O6/c1-24(8-9-29,23(32)33)13-17(27-22(31)20-12-21(30)28-34-20)10-14-2-4-15(5-3-14)18-11-16(25)6-7-19(18)26/h2-7,11-12,17,29H,8-10,13H2,1H3,(H,27,31)(H,28,30)(H,32,33)/t17-,24?/m1/s1. The van der Waals surface area contributed by atoms with Crippen molar-refractivity contribution in [1.29, 1.82) is 0 Å². The summed E-state index contributed by atoms with van der Waals surface area (Å²) in [6.07, 6.45) is 0.253. The number of aliphatic carboxylic acids is 1. The predicted molar refractivity (Wildman–Crippen MR) is 122 cm³/mol. The molecule has 4 N–H and O–H groups in total. The van der Waals surface area contributed by atoms with Crippen LogP contribution < -0.4 is 5.32 Å². The fourth-order valence-corrected chi connectivity index (χ4v) is 3.89. The van der Waals surface area contributed by atoms with Crippen molar-refractivity contribution in [1.82, 2.24) is 10.5 Å². The van der Waals surface area contributed by atoms with Crippen LogP contribution in [0.2, 0.25) is 5.02 Å². The Hall–Kier alpha value is -3.43. The van der Waals surface area contributed by atoms with Gasteiger partial charge in [-0.2, -0.15) is 0 Å². The number of carboxylic acids is 1. The second-order valence-electron chi connectivity index (χ2n) is 8.29. The van der Waals surface area contributed by atoms with Crippen LogP contribution in [0.1, 0.15) is 35.9 Å². The van der Waals surface area contributed by atoms with Gasteiger partial charge in [-0.15, -0.1) is 0 Å². The number of aromatic nitrogens is 1. The Morgan fingerprint density at radius 2 is 1.91 bits per heavy atom. The summed E-state index contributed by atoms with van der Waals surface area (Å²) in [4.78, 5) is 24.5. The fourth-order valence-electron chi connectivity index (χ4n) is 3.71. The first kappa shape index (κ1) is 25.2. The van der Waals surface area contributed by atoms with Gasteiger partial charge in [0.15, 0.2) is 0 Å². The van der Waals surface area contributed by atoms with Crippen molar-refractivity contribution < 1.29 is 33.8 Å². The van der Waals surface area contributed by atoms with Gasteiger partial charge < -0.3 is 25.2 Å². The maximum atomic E-state index is 14.2. The number of nitrogens with one attached hydrogen (secondary N) is 1. The van der Waals surface area contributed by atoms with Crippen LogP contribution in [0.3, 0.4) is 0 Å². The second kappa shape index (κ2) is 10.7. The van der Waals surface area contributed by atoms with Gasteiger partial charge in [0.25, 0.3) is 11.8 Å². The number of aromatic hydroxyl groups is 1. The molecule has 0 saturated carbocycles. The van der Waals surface area contributed by atoms with Gasteiger partial charge in [-0.3, -0.25) is 9.59 Å². The molecule has 0 bridgehead atoms. The van der Waals surface area contributed by atoms with Crippen molar-refractivity contribution in [2.75, 3.05) is 6.61 Å². The number of hydrogen-bond donors (Lipinski definition) is 4. The summed E-state index contributed by atoms with van der Waals surface area (Å²) in [5.41, 5.74) is 0.404. The lowest BCUT2D eigenvalue weighted by Gasteiger charge is -2.29. The number of carbonyl (C=O) groups is 2. The van der Waals surface area contributed by atoms with E-state index in [0.717, 1.165) is 11.6 Å². The molecule has 10 heteroatoms. The Morgan fingerprint density at radius 1 is 1.21 bits per heavy atom. The van der Waals surface area contributed by atoms with Crippen molar-refractivity contribution >= 4 is 23.5 Å². The van der Waals surface area contributed by atoms with Gasteiger partial charge in [0.2, 0.25) is 5.76 Å². The van der Waals surface area contributed by atoms with E-state index in [9.17, 15) is 29.3 Å². The van der Waals surface area contributed by atoms with Gasteiger partial charge in [-0.1, -0.05) is 35.9 Å². The predicted octanol–water partition coefficient (Wildman–Crippen LogP) is 4.04. The van der Waals surface area contributed by atoms with Gasteiger partial charge in [-0.05, 0) is 60.7 Å². The van der Waals surface area contributed by atoms with Crippen LogP contribution in [0, 0.1) is 11.2 Å². The van der Waals surface area contributed by atoms with Crippen molar-refractivity contribution in [3.8, 4) is 17.0 Å². The Balaban J connectivity index is 1.84. The van der Waals surface area contributed by atoms with Crippen LogP contribution >= 0.6 is 11.6 Å². The van der Waals surface area contributed by atoms with Crippen LogP contribution in [-0.2, 0) is 11.2 Å². The summed E-state index contributed by atoms with van der Waals surface area (Å²) in [6, 6.07) is 11.6. The molecule has 0 radical (unpaired) electrons. The third-order valence-corrected chi connectivity index (χ3v) is 5.84. The maximum absolute atomic E-state index is 14.2. The smallest absolute Gasteiger partial charge is 0.309 e. The third kappa shape index (κ3) is 6.12. The van der Waals surface area contributed by atoms with E-state index in [1.165, 1.54) is 25.1 Å². The van der Waals surface area contributed by atoms with E-state index < -0.39 is 35.0 Å². The molecule has 0 fully saturated rings. The minimum atomic E-state index is -1.31. The highest BCUT2D eigenvalue weighted by Gasteiger charge is 2.36. The average Bonchev–Trinajstić information content (AvgIpc) is 3.22. The molecule has 0 saturated heterocycles. The molecule has 1 unspecified atom stereocenters. The highest BCUT2D eigenvalue weighted by molar-refractivity contribution is 6.30. The fraction of sp³-hybridized carbons (Fsp3) is 0.292. The Bertz CT molecular complexity index is 1170. The van der Waals surface area contributed by atoms with E-state index in [1.807, 2.05) is 0 Å². The molecule has 3 rings (SSSR count). The third-order valence-electron chi connectivity index (χ3n) is 5.61. The lowest BCUT2D eigenvalue weighted by atomic mass is 9.79. The molecule has 2 aromatic carbocycles. The number of halogens is 2. The number of benzene rings is 2. The molecule has 1 heterocycles. The van der Waals surface area contributed by atoms with E-state index in [1.54, 1.807) is 24.3 Å². The molecule has 3 aromatic rings. The van der Waals surface area contributed by atoms with Gasteiger partial charge in [0.05, 0.1) is 11.5 Å². The molecule has 1 aromatic heterocycles. The van der Waals surface area contributed by atoms with E-state index in [4.69, 9.17) is 16.1 Å². The molecule has 0 spiro atoms. The zero-order chi connectivity index (χ0) is 24.9. The monoisotopic (exact) mass is 490 g/mol. The van der Waals surface area contributed by atoms with E-state index in [2.05, 4.69) is 10.5 Å². The molecule has 0 aliphatic rings. The van der Waals surface area contributed by atoms with Gasteiger partial charge >= 0.3 is 5.97 Å². The largest absolute Gasteiger partial charge is 0.491 e. The van der Waals surface area contributed by atoms with Crippen molar-refractivity contribution in [3.05, 3.63) is 70.7 Å². The van der Waals surface area contributed by atoms with Crippen LogP contribution in [0.15, 0.2) is 53.1 Å². The van der Waals surface area contributed by atoms with Crippen LogP contribution in [0.4, 0.5) is 4.39 Å². The summed E-state index contributed by atoms with van der Waals surface area (Å²) >= 11 is 5.98. The number of carbonyl (C=O) groups excluding carboxylic acids is 1. The number of aliphatic hydroxyl groups is 1. The first-order valence-electron chi connectivity index (χ1n) is 10.5. The van der Waals surface area contributed by atoms with E-state index in [-0.39, 0.29) is 31.6 Å². The summed E-state index contributed by atoms with van der Waals surface area (Å²) in [5.74, 6) is -2.88. The van der Waals surface area contributed by atoms with Gasteiger partial charge in [-0.25, -0.2) is 4.39 Å². The molecule has 34 heavy (non-hydrogen) atoms. The van der Waals surface area contributed by atoms with Crippen molar-refractivity contribution in [2.24, 2.45) is 5.41 Å². The second-order valence-corrected chi connectivity index (χ2v) is 8.72. The molecular weight excluding hydrogens is 467 g/mol. The first-order chi connectivity index (χ1) is 16.1. The van der Waals surface area contributed by atoms with Crippen LogP contribution in [0.25, 0.3) is 11.1 Å². The quantitative estimate of drug-likeness (QED) is 0.337. The Labute approximate surface area is 200 Å². The zero-order valence-corrected chi connectivity index (χ0v) is 19.1. The molecule has 180 valence electrons. The van der Waals surface area contributed by atoms with Crippen molar-refractivity contribution in [2.45, 2.75) is 32.2 Å². The number of rotatable bonds is 10. The lowest BCUT2D eigenvalue weighted by Crippen LogP contribution is -2.43. The maximum Gasteiger partial charge on any atom is 0.309 e. The summed E-state index contributed by atoms with van der Waals surface area (Å²) in [5, 5.41) is 34.8. The Kier molecular flexibility index (Phi) is 7.90. The normalized spacial score (nSPS) is 13.8. The minimum absolute atomic E-state index is 0.00915. The molecule has 2 atom stereocenters. The number of nitrogens with zero attached hydrogens (tertiary/aromatic N) is 1. The zero-order valence-electron chi connectivity index (χ0n) is 18.3. The Morgan fingerprint density at radius 3 is 2.50 bits per heavy atom. The van der Waals surface area contributed by atoms with E-state index in [0.29, 0.717) is 16.1 Å². The van der Waals surface area contributed by atoms with Gasteiger partial charge in [0.1, 0.15) is 5.82 Å². The molecule has 1 amide bonds. The minimum Gasteiger partial charge on any atom is -0.491 e. The summed E-state index contributed by atoms with van der Waals surface area (Å²) in [6.45, 7) is 1.16. The highest BCUT2D eigenvalue weighted by Crippen LogP contribution is 2.30. The summed E-state index contributed by atoms with van der Waals surface area (Å²) < 4.78 is 19.0. The molecule has 0 aliphatic carbocycles. The SMILES string of the molecule is CC(CCO)(C[C@@H](Cc1ccc(-c2cc(Cl)ccc2F)cc1)NC(=O)c1cc(O)no1)C(=O)O. The molecule has 0 aliphatic heterocycles. The van der Waals surface area contributed by atoms with Crippen LogP contribution in [-0.4, -0.2) is 45.0 Å². The average molecular weight is 491 g/mol. The van der Waals surface area contributed by atoms with Gasteiger partial charge in [0, 0.05) is 23.2 Å². The number of aliphatic hydroxyl groups excluding tert-OH is 1. The molecule has 8 nitrogen and oxygen atoms in total. The van der Waals surface area contributed by atoms with Crippen molar-refractivity contribution in [3.63, 3.8) is 0 Å². The summed E-state index contributed by atoms with van der Waals surface area (Å²) in [7, 11) is 0. The topological polar surface area (TPSA) is 133 Å². The number of amides is 1. The molecular formula is C24H24ClFN2O6. The number of carboxylic acid groups (broad SMARTS) is 1. The highest BCUT2D eigenvalue weighted by atomic mass is 35.5. The lowest BCUT2D eigenvalue weighted by molar-refractivity contribution is -0.149. The van der Waals surface area contributed by atoms with E-state index >= 15 is 0 Å².